The summed E-state index contributed by atoms with van der Waals surface area (Å²) in [5.41, 5.74) is 2.61. The molecule has 3 heteroatoms. The van der Waals surface area contributed by atoms with Crippen LogP contribution in [0, 0.1) is 0 Å². The Morgan fingerprint density at radius 3 is 2.50 bits per heavy atom. The number of benzene rings is 1. The zero-order valence-electron chi connectivity index (χ0n) is 9.65. The Hall–Kier alpha value is -1.22. The first-order chi connectivity index (χ1) is 7.95. The van der Waals surface area contributed by atoms with E-state index in [1.165, 1.54) is 50.1 Å². The lowest BCUT2D eigenvalue weighted by Crippen LogP contribution is -2.43. The Morgan fingerprint density at radius 2 is 1.69 bits per heavy atom. The summed E-state index contributed by atoms with van der Waals surface area (Å²) in [6, 6.07) is 8.59. The monoisotopic (exact) mass is 217 g/mol. The van der Waals surface area contributed by atoms with Crippen molar-refractivity contribution < 1.29 is 0 Å². The van der Waals surface area contributed by atoms with Crippen LogP contribution in [0.5, 0.6) is 0 Å². The van der Waals surface area contributed by atoms with E-state index < -0.39 is 0 Å². The van der Waals surface area contributed by atoms with Crippen molar-refractivity contribution in [1.82, 2.24) is 5.01 Å². The van der Waals surface area contributed by atoms with Crippen LogP contribution in [0.4, 0.5) is 11.4 Å². The molecule has 0 atom stereocenters. The third-order valence-electron chi connectivity index (χ3n) is 3.53. The fourth-order valence-corrected chi connectivity index (χ4v) is 2.64. The fourth-order valence-electron chi connectivity index (χ4n) is 2.64. The predicted octanol–water partition coefficient (Wildman–Crippen LogP) is 2.67. The van der Waals surface area contributed by atoms with Gasteiger partial charge in [-0.15, -0.1) is 0 Å². The van der Waals surface area contributed by atoms with E-state index in [9.17, 15) is 0 Å². The van der Waals surface area contributed by atoms with Crippen molar-refractivity contribution in [3.63, 3.8) is 0 Å². The van der Waals surface area contributed by atoms with Gasteiger partial charge in [-0.25, -0.2) is 5.01 Å². The Morgan fingerprint density at radius 1 is 0.938 bits per heavy atom. The first-order valence-corrected chi connectivity index (χ1v) is 6.30. The first kappa shape index (κ1) is 9.97. The molecule has 2 heterocycles. The van der Waals surface area contributed by atoms with Gasteiger partial charge < -0.3 is 5.32 Å². The molecular formula is C13H19N3. The van der Waals surface area contributed by atoms with E-state index in [1.807, 2.05) is 0 Å². The molecule has 1 fully saturated rings. The average Bonchev–Trinajstić information content (AvgIpc) is 2.57. The molecule has 0 amide bonds. The number of rotatable bonds is 1. The molecule has 1 saturated heterocycles. The number of fused-ring (bicyclic) bond motifs is 1. The van der Waals surface area contributed by atoms with Crippen LogP contribution in [0.25, 0.3) is 0 Å². The fraction of sp³-hybridized carbons (Fsp3) is 0.538. The van der Waals surface area contributed by atoms with Crippen LogP contribution in [0.1, 0.15) is 25.7 Å². The van der Waals surface area contributed by atoms with Gasteiger partial charge in [0.25, 0.3) is 0 Å². The molecule has 2 aliphatic rings. The van der Waals surface area contributed by atoms with Crippen LogP contribution >= 0.6 is 0 Å². The first-order valence-electron chi connectivity index (χ1n) is 6.30. The van der Waals surface area contributed by atoms with E-state index in [-0.39, 0.29) is 0 Å². The summed E-state index contributed by atoms with van der Waals surface area (Å²) in [6.45, 7) is 3.34. The number of nitrogens with one attached hydrogen (secondary N) is 1. The summed E-state index contributed by atoms with van der Waals surface area (Å²) in [6.07, 6.45) is 5.44. The lowest BCUT2D eigenvalue weighted by atomic mass is 10.2. The van der Waals surface area contributed by atoms with E-state index in [2.05, 4.69) is 39.6 Å². The lowest BCUT2D eigenvalue weighted by molar-refractivity contribution is 0.268. The van der Waals surface area contributed by atoms with Crippen molar-refractivity contribution in [2.24, 2.45) is 0 Å². The van der Waals surface area contributed by atoms with Crippen molar-refractivity contribution in [2.75, 3.05) is 30.1 Å². The molecule has 0 aliphatic carbocycles. The van der Waals surface area contributed by atoms with Crippen molar-refractivity contribution in [2.45, 2.75) is 25.7 Å². The smallest absolute Gasteiger partial charge is 0.103 e. The maximum atomic E-state index is 3.45. The minimum atomic E-state index is 0.930. The van der Waals surface area contributed by atoms with Gasteiger partial charge in [0.1, 0.15) is 6.67 Å². The molecule has 0 unspecified atom stereocenters. The van der Waals surface area contributed by atoms with Crippen molar-refractivity contribution in [3.05, 3.63) is 24.3 Å². The highest BCUT2D eigenvalue weighted by Crippen LogP contribution is 2.32. The summed E-state index contributed by atoms with van der Waals surface area (Å²) in [5.74, 6) is 0. The summed E-state index contributed by atoms with van der Waals surface area (Å²) in [4.78, 5) is 0. The summed E-state index contributed by atoms with van der Waals surface area (Å²) in [5, 5.41) is 8.36. The highest BCUT2D eigenvalue weighted by atomic mass is 15.7. The summed E-state index contributed by atoms with van der Waals surface area (Å²) < 4.78 is 0. The molecule has 3 rings (SSSR count). The van der Waals surface area contributed by atoms with Gasteiger partial charge in [0, 0.05) is 13.1 Å². The number of hydrogen-bond donors (Lipinski definition) is 1. The normalized spacial score (nSPS) is 21.4. The topological polar surface area (TPSA) is 18.5 Å². The number of hydrogen-bond acceptors (Lipinski definition) is 3. The largest absolute Gasteiger partial charge is 0.365 e. The van der Waals surface area contributed by atoms with Crippen LogP contribution in [0.2, 0.25) is 0 Å². The molecule has 16 heavy (non-hydrogen) atoms. The molecule has 86 valence electrons. The van der Waals surface area contributed by atoms with Gasteiger partial charge in [0.2, 0.25) is 0 Å². The maximum absolute atomic E-state index is 3.45. The zero-order valence-corrected chi connectivity index (χ0v) is 9.65. The molecule has 0 bridgehead atoms. The van der Waals surface area contributed by atoms with E-state index in [0.29, 0.717) is 0 Å². The molecule has 0 saturated carbocycles. The predicted molar refractivity (Wildman–Crippen MR) is 67.5 cm³/mol. The van der Waals surface area contributed by atoms with Gasteiger partial charge >= 0.3 is 0 Å². The Balaban J connectivity index is 1.80. The van der Waals surface area contributed by atoms with E-state index in [4.69, 9.17) is 0 Å². The Bertz CT molecular complexity index is 356. The minimum Gasteiger partial charge on any atom is -0.365 e. The Labute approximate surface area is 97.0 Å². The molecule has 0 radical (unpaired) electrons. The van der Waals surface area contributed by atoms with Crippen LogP contribution in [0.15, 0.2) is 24.3 Å². The van der Waals surface area contributed by atoms with Crippen LogP contribution in [-0.4, -0.2) is 24.8 Å². The molecular weight excluding hydrogens is 198 g/mol. The highest BCUT2D eigenvalue weighted by molar-refractivity contribution is 5.73. The SMILES string of the molecule is c1ccc2c(c1)NCN2N1CCCCCC1. The van der Waals surface area contributed by atoms with Crippen molar-refractivity contribution in [1.29, 1.82) is 0 Å². The second-order valence-electron chi connectivity index (χ2n) is 4.62. The van der Waals surface area contributed by atoms with E-state index in [1.54, 1.807) is 0 Å². The molecule has 0 aromatic heterocycles. The molecule has 3 nitrogen and oxygen atoms in total. The van der Waals surface area contributed by atoms with Crippen LogP contribution in [-0.2, 0) is 0 Å². The summed E-state index contributed by atoms with van der Waals surface area (Å²) in [7, 11) is 0. The van der Waals surface area contributed by atoms with Gasteiger partial charge in [0.15, 0.2) is 0 Å². The maximum Gasteiger partial charge on any atom is 0.103 e. The van der Waals surface area contributed by atoms with Crippen molar-refractivity contribution in [3.8, 4) is 0 Å². The van der Waals surface area contributed by atoms with Gasteiger partial charge in [-0.1, -0.05) is 25.0 Å². The van der Waals surface area contributed by atoms with Gasteiger partial charge in [-0.2, -0.15) is 0 Å². The summed E-state index contributed by atoms with van der Waals surface area (Å²) >= 11 is 0. The van der Waals surface area contributed by atoms with E-state index >= 15 is 0 Å². The van der Waals surface area contributed by atoms with Crippen LogP contribution in [0.3, 0.4) is 0 Å². The van der Waals surface area contributed by atoms with Gasteiger partial charge in [0.05, 0.1) is 11.4 Å². The quantitative estimate of drug-likeness (QED) is 0.780. The molecule has 1 aromatic rings. The third-order valence-corrected chi connectivity index (χ3v) is 3.53. The number of anilines is 2. The second-order valence-corrected chi connectivity index (χ2v) is 4.62. The number of para-hydroxylation sites is 2. The standard InChI is InChI=1S/C13H19N3/c1-2-6-10-15(9-5-1)16-11-14-12-7-3-4-8-13(12)16/h3-4,7-8,14H,1-2,5-6,9-11H2. The van der Waals surface area contributed by atoms with Crippen LogP contribution < -0.4 is 10.3 Å². The van der Waals surface area contributed by atoms with Gasteiger partial charge in [-0.05, 0) is 25.0 Å². The minimum absolute atomic E-state index is 0.930. The van der Waals surface area contributed by atoms with E-state index in [0.717, 1.165) is 6.67 Å². The molecule has 1 aromatic carbocycles. The van der Waals surface area contributed by atoms with Gasteiger partial charge in [-0.3, -0.25) is 5.01 Å². The van der Waals surface area contributed by atoms with Crippen molar-refractivity contribution >= 4 is 11.4 Å². The zero-order chi connectivity index (χ0) is 10.8. The molecule has 2 aliphatic heterocycles. The number of hydrazine groups is 1. The Kier molecular flexibility index (Phi) is 2.70. The second kappa shape index (κ2) is 4.34. The average molecular weight is 217 g/mol. The lowest BCUT2D eigenvalue weighted by Gasteiger charge is -2.31. The number of nitrogens with zero attached hydrogens (tertiary/aromatic N) is 2. The highest BCUT2D eigenvalue weighted by Gasteiger charge is 2.23. The third kappa shape index (κ3) is 1.76. The molecule has 1 N–H and O–H groups in total. The molecule has 0 spiro atoms.